The average molecular weight is 307 g/mol. The van der Waals surface area contributed by atoms with Gasteiger partial charge in [-0.2, -0.15) is 0 Å². The number of amides is 1. The highest BCUT2D eigenvalue weighted by atomic mass is 16.5. The fourth-order valence-electron chi connectivity index (χ4n) is 2.12. The van der Waals surface area contributed by atoms with Crippen molar-refractivity contribution in [1.29, 1.82) is 0 Å². The summed E-state index contributed by atoms with van der Waals surface area (Å²) >= 11 is 0. The van der Waals surface area contributed by atoms with E-state index in [1.54, 1.807) is 18.2 Å². The van der Waals surface area contributed by atoms with Crippen LogP contribution in [0.3, 0.4) is 0 Å². The Balaban J connectivity index is 2.19. The number of nitrogens with two attached hydrogens (primary N) is 1. The van der Waals surface area contributed by atoms with Crippen LogP contribution in [-0.4, -0.2) is 32.2 Å². The Labute approximate surface area is 129 Å². The van der Waals surface area contributed by atoms with Crippen molar-refractivity contribution in [1.82, 2.24) is 0 Å². The van der Waals surface area contributed by atoms with Gasteiger partial charge in [0.15, 0.2) is 17.4 Å². The van der Waals surface area contributed by atoms with Crippen molar-refractivity contribution in [3.8, 4) is 11.5 Å². The van der Waals surface area contributed by atoms with Crippen LogP contribution in [0.2, 0.25) is 0 Å². The number of primary amides is 1. The van der Waals surface area contributed by atoms with E-state index in [2.05, 4.69) is 0 Å². The molecule has 6 heteroatoms. The van der Waals surface area contributed by atoms with Crippen molar-refractivity contribution >= 4 is 11.9 Å². The number of hydrogen-bond donors (Lipinski definition) is 1. The van der Waals surface area contributed by atoms with Crippen LogP contribution in [0.5, 0.6) is 11.5 Å². The lowest BCUT2D eigenvalue weighted by Crippen LogP contribution is -2.30. The number of hydrogen-bond acceptors (Lipinski definition) is 5. The van der Waals surface area contributed by atoms with Crippen molar-refractivity contribution in [3.05, 3.63) is 23.8 Å². The van der Waals surface area contributed by atoms with Crippen LogP contribution in [0.25, 0.3) is 0 Å². The first-order valence-corrected chi connectivity index (χ1v) is 7.33. The Morgan fingerprint density at radius 1 is 1.32 bits per heavy atom. The summed E-state index contributed by atoms with van der Waals surface area (Å²) in [5.74, 6) is -1.09. The smallest absolute Gasteiger partial charge is 0.323 e. The summed E-state index contributed by atoms with van der Waals surface area (Å²) in [6.45, 7) is 2.68. The first kappa shape index (κ1) is 16.1. The number of carbonyl (C=O) groups is 2. The molecule has 22 heavy (non-hydrogen) atoms. The zero-order valence-electron chi connectivity index (χ0n) is 12.8. The van der Waals surface area contributed by atoms with Crippen molar-refractivity contribution in [2.24, 2.45) is 11.7 Å². The molecule has 1 fully saturated rings. The van der Waals surface area contributed by atoms with E-state index in [0.717, 1.165) is 12.8 Å². The third-order valence-electron chi connectivity index (χ3n) is 3.50. The molecule has 2 N–H and O–H groups in total. The molecule has 1 saturated carbocycles. The van der Waals surface area contributed by atoms with E-state index in [4.69, 9.17) is 19.9 Å². The predicted molar refractivity (Wildman–Crippen MR) is 79.8 cm³/mol. The second kappa shape index (κ2) is 7.15. The van der Waals surface area contributed by atoms with Gasteiger partial charge >= 0.3 is 5.97 Å². The number of carbonyl (C=O) groups excluding carboxylic acids is 2. The molecule has 0 aliphatic heterocycles. The van der Waals surface area contributed by atoms with E-state index < -0.39 is 17.8 Å². The minimum absolute atomic E-state index is 0.344. The largest absolute Gasteiger partial charge is 0.493 e. The number of methoxy groups -OCH3 is 1. The summed E-state index contributed by atoms with van der Waals surface area (Å²) in [6.07, 6.45) is 2.12. The van der Waals surface area contributed by atoms with Gasteiger partial charge in [0.05, 0.1) is 20.3 Å². The highest BCUT2D eigenvalue weighted by Gasteiger charge is 2.31. The molecule has 1 amide bonds. The number of ether oxygens (including phenoxy) is 3. The molecule has 0 bridgehead atoms. The summed E-state index contributed by atoms with van der Waals surface area (Å²) in [5, 5.41) is 0. The van der Waals surface area contributed by atoms with Gasteiger partial charge in [0.2, 0.25) is 5.91 Å². The lowest BCUT2D eigenvalue weighted by atomic mass is 9.98. The van der Waals surface area contributed by atoms with Gasteiger partial charge < -0.3 is 19.9 Å². The van der Waals surface area contributed by atoms with Crippen LogP contribution in [0.15, 0.2) is 18.2 Å². The number of benzene rings is 1. The molecule has 1 aliphatic carbocycles. The highest BCUT2D eigenvalue weighted by Crippen LogP contribution is 2.32. The van der Waals surface area contributed by atoms with Gasteiger partial charge in [-0.1, -0.05) is 6.07 Å². The zero-order chi connectivity index (χ0) is 16.1. The van der Waals surface area contributed by atoms with Crippen LogP contribution >= 0.6 is 0 Å². The SMILES string of the molecule is CCOc1ccc(C(C(N)=O)C(=O)OCC2CC2)cc1OC. The third-order valence-corrected chi connectivity index (χ3v) is 3.50. The standard InChI is InChI=1S/C16H21NO5/c1-3-21-12-7-6-11(8-13(12)20-2)14(15(17)18)16(19)22-9-10-4-5-10/h6-8,10,14H,3-5,9H2,1-2H3,(H2,17,18). The van der Waals surface area contributed by atoms with Gasteiger partial charge in [-0.15, -0.1) is 0 Å². The van der Waals surface area contributed by atoms with Gasteiger partial charge in [-0.05, 0) is 43.4 Å². The van der Waals surface area contributed by atoms with Gasteiger partial charge in [0, 0.05) is 0 Å². The van der Waals surface area contributed by atoms with E-state index in [1.165, 1.54) is 7.11 Å². The average Bonchev–Trinajstić information content (AvgIpc) is 3.31. The maximum atomic E-state index is 12.1. The molecule has 1 aromatic carbocycles. The van der Waals surface area contributed by atoms with Crippen molar-refractivity contribution in [2.45, 2.75) is 25.7 Å². The second-order valence-corrected chi connectivity index (χ2v) is 5.25. The molecule has 1 aliphatic rings. The van der Waals surface area contributed by atoms with Crippen molar-refractivity contribution in [3.63, 3.8) is 0 Å². The molecule has 0 spiro atoms. The summed E-state index contributed by atoms with van der Waals surface area (Å²) in [4.78, 5) is 23.8. The zero-order valence-corrected chi connectivity index (χ0v) is 12.8. The van der Waals surface area contributed by atoms with Crippen molar-refractivity contribution in [2.75, 3.05) is 20.3 Å². The molecule has 1 aromatic rings. The first-order chi connectivity index (χ1) is 10.6. The van der Waals surface area contributed by atoms with E-state index in [0.29, 0.717) is 36.2 Å². The molecule has 120 valence electrons. The quantitative estimate of drug-likeness (QED) is 0.582. The molecular weight excluding hydrogens is 286 g/mol. The summed E-state index contributed by atoms with van der Waals surface area (Å²) in [7, 11) is 1.49. The summed E-state index contributed by atoms with van der Waals surface area (Å²) in [5.41, 5.74) is 5.81. The van der Waals surface area contributed by atoms with Crippen molar-refractivity contribution < 1.29 is 23.8 Å². The predicted octanol–water partition coefficient (Wildman–Crippen LogP) is 1.62. The minimum atomic E-state index is -1.14. The fourth-order valence-corrected chi connectivity index (χ4v) is 2.12. The van der Waals surface area contributed by atoms with Gasteiger partial charge in [-0.25, -0.2) is 0 Å². The molecule has 2 rings (SSSR count). The highest BCUT2D eigenvalue weighted by molar-refractivity contribution is 6.02. The van der Waals surface area contributed by atoms with E-state index in [1.807, 2.05) is 6.92 Å². The molecule has 0 aromatic heterocycles. The van der Waals surface area contributed by atoms with E-state index >= 15 is 0 Å². The maximum absolute atomic E-state index is 12.1. The van der Waals surface area contributed by atoms with Crippen LogP contribution in [0.1, 0.15) is 31.2 Å². The first-order valence-electron chi connectivity index (χ1n) is 7.33. The third kappa shape index (κ3) is 3.90. The summed E-state index contributed by atoms with van der Waals surface area (Å²) < 4.78 is 15.8. The van der Waals surface area contributed by atoms with E-state index in [9.17, 15) is 9.59 Å². The molecule has 0 radical (unpaired) electrons. The molecule has 1 unspecified atom stereocenters. The molecule has 1 atom stereocenters. The Morgan fingerprint density at radius 2 is 2.05 bits per heavy atom. The Bertz CT molecular complexity index is 553. The summed E-state index contributed by atoms with van der Waals surface area (Å²) in [6, 6.07) is 4.86. The van der Waals surface area contributed by atoms with Crippen LogP contribution in [-0.2, 0) is 14.3 Å². The van der Waals surface area contributed by atoms with Crippen LogP contribution in [0.4, 0.5) is 0 Å². The topological polar surface area (TPSA) is 87.9 Å². The minimum Gasteiger partial charge on any atom is -0.493 e. The number of esters is 1. The van der Waals surface area contributed by atoms with Crippen LogP contribution in [0, 0.1) is 5.92 Å². The monoisotopic (exact) mass is 307 g/mol. The fraction of sp³-hybridized carbons (Fsp3) is 0.500. The second-order valence-electron chi connectivity index (χ2n) is 5.25. The van der Waals surface area contributed by atoms with Gasteiger partial charge in [0.25, 0.3) is 0 Å². The molecule has 6 nitrogen and oxygen atoms in total. The van der Waals surface area contributed by atoms with Gasteiger partial charge in [-0.3, -0.25) is 9.59 Å². The molecule has 0 saturated heterocycles. The van der Waals surface area contributed by atoms with E-state index in [-0.39, 0.29) is 0 Å². The Kier molecular flexibility index (Phi) is 5.25. The maximum Gasteiger partial charge on any atom is 0.323 e. The van der Waals surface area contributed by atoms with Crippen LogP contribution < -0.4 is 15.2 Å². The molecule has 0 heterocycles. The Morgan fingerprint density at radius 3 is 2.59 bits per heavy atom. The molecular formula is C16H21NO5. The van der Waals surface area contributed by atoms with Gasteiger partial charge in [0.1, 0.15) is 0 Å². The normalized spacial score (nSPS) is 15.0. The Hall–Kier alpha value is -2.24. The lowest BCUT2D eigenvalue weighted by Gasteiger charge is -2.16. The lowest BCUT2D eigenvalue weighted by molar-refractivity contribution is -0.148. The number of rotatable bonds is 8.